The Kier molecular flexibility index (Phi) is 2.13. The van der Waals surface area contributed by atoms with Crippen LogP contribution in [0.1, 0.15) is 5.69 Å². The van der Waals surface area contributed by atoms with Crippen LogP contribution in [0.4, 0.5) is 8.78 Å². The quantitative estimate of drug-likeness (QED) is 0.753. The van der Waals surface area contributed by atoms with E-state index in [0.717, 1.165) is 6.07 Å². The molecule has 2 aromatic rings. The number of benzene rings is 1. The molecule has 2 N–H and O–H groups in total. The molecule has 0 aliphatic rings. The van der Waals surface area contributed by atoms with Crippen LogP contribution in [-0.4, -0.2) is 4.98 Å². The molecular formula is C10H8F2N2. The number of hydrogen-bond acceptors (Lipinski definition) is 2. The van der Waals surface area contributed by atoms with E-state index in [-0.39, 0.29) is 12.1 Å². The van der Waals surface area contributed by atoms with E-state index in [9.17, 15) is 8.78 Å². The number of halogens is 2. The highest BCUT2D eigenvalue weighted by Crippen LogP contribution is 2.18. The summed E-state index contributed by atoms with van der Waals surface area (Å²) in [4.78, 5) is 3.91. The Balaban J connectivity index is 2.78. The summed E-state index contributed by atoms with van der Waals surface area (Å²) in [6.45, 7) is 0.214. The van der Waals surface area contributed by atoms with Gasteiger partial charge in [0.25, 0.3) is 0 Å². The van der Waals surface area contributed by atoms with Crippen molar-refractivity contribution < 1.29 is 8.78 Å². The molecule has 1 heterocycles. The first-order chi connectivity index (χ1) is 6.72. The third kappa shape index (κ3) is 1.33. The van der Waals surface area contributed by atoms with Crippen LogP contribution in [0.5, 0.6) is 0 Å². The molecule has 0 bridgehead atoms. The van der Waals surface area contributed by atoms with E-state index in [1.54, 1.807) is 12.1 Å². The van der Waals surface area contributed by atoms with Gasteiger partial charge in [-0.2, -0.15) is 0 Å². The van der Waals surface area contributed by atoms with Gasteiger partial charge in [-0.25, -0.2) is 13.8 Å². The Morgan fingerprint density at radius 3 is 2.57 bits per heavy atom. The molecule has 0 saturated carbocycles. The Morgan fingerprint density at radius 2 is 1.86 bits per heavy atom. The molecule has 0 amide bonds. The van der Waals surface area contributed by atoms with Crippen LogP contribution in [0.25, 0.3) is 10.9 Å². The second kappa shape index (κ2) is 3.31. The average Bonchev–Trinajstić information content (AvgIpc) is 2.23. The van der Waals surface area contributed by atoms with E-state index >= 15 is 0 Å². The van der Waals surface area contributed by atoms with Gasteiger partial charge < -0.3 is 5.73 Å². The van der Waals surface area contributed by atoms with Gasteiger partial charge in [-0.15, -0.1) is 0 Å². The zero-order valence-corrected chi connectivity index (χ0v) is 7.30. The van der Waals surface area contributed by atoms with E-state index in [4.69, 9.17) is 5.73 Å². The van der Waals surface area contributed by atoms with E-state index < -0.39 is 11.6 Å². The average molecular weight is 194 g/mol. The Bertz CT molecular complexity index is 483. The predicted molar refractivity (Wildman–Crippen MR) is 49.6 cm³/mol. The monoisotopic (exact) mass is 194 g/mol. The zero-order valence-electron chi connectivity index (χ0n) is 7.30. The normalized spacial score (nSPS) is 10.8. The van der Waals surface area contributed by atoms with Crippen molar-refractivity contribution in [3.05, 3.63) is 41.6 Å². The lowest BCUT2D eigenvalue weighted by atomic mass is 10.2. The first-order valence-electron chi connectivity index (χ1n) is 4.16. The second-order valence-electron chi connectivity index (χ2n) is 2.94. The third-order valence-electron chi connectivity index (χ3n) is 2.02. The molecule has 0 aliphatic carbocycles. The molecule has 1 aromatic carbocycles. The summed E-state index contributed by atoms with van der Waals surface area (Å²) >= 11 is 0. The molecule has 0 radical (unpaired) electrons. The van der Waals surface area contributed by atoms with Crippen LogP contribution >= 0.6 is 0 Å². The molecule has 2 nitrogen and oxygen atoms in total. The summed E-state index contributed by atoms with van der Waals surface area (Å²) in [5.41, 5.74) is 5.93. The van der Waals surface area contributed by atoms with Crippen molar-refractivity contribution in [2.45, 2.75) is 6.54 Å². The van der Waals surface area contributed by atoms with Gasteiger partial charge in [0.05, 0.1) is 5.69 Å². The number of nitrogens with two attached hydrogens (primary N) is 1. The van der Waals surface area contributed by atoms with Crippen LogP contribution in [0.2, 0.25) is 0 Å². The fourth-order valence-corrected chi connectivity index (χ4v) is 1.28. The Labute approximate surface area is 79.4 Å². The van der Waals surface area contributed by atoms with Crippen molar-refractivity contribution in [1.29, 1.82) is 0 Å². The molecule has 0 saturated heterocycles. The SMILES string of the molecule is NCc1ccc2ccc(F)c(F)c2n1. The van der Waals surface area contributed by atoms with Crippen molar-refractivity contribution >= 4 is 10.9 Å². The standard InChI is InChI=1S/C10H8F2N2/c11-8-4-2-6-1-3-7(5-13)14-10(6)9(8)12/h1-4H,5,13H2. The summed E-state index contributed by atoms with van der Waals surface area (Å²) in [5, 5.41) is 0.570. The fraction of sp³-hybridized carbons (Fsp3) is 0.100. The number of pyridine rings is 1. The second-order valence-corrected chi connectivity index (χ2v) is 2.94. The predicted octanol–water partition coefficient (Wildman–Crippen LogP) is 1.97. The molecule has 1 aromatic heterocycles. The summed E-state index contributed by atoms with van der Waals surface area (Å²) < 4.78 is 26.1. The van der Waals surface area contributed by atoms with Crippen LogP contribution in [0.15, 0.2) is 24.3 Å². The maximum atomic E-state index is 13.2. The molecule has 14 heavy (non-hydrogen) atoms. The number of rotatable bonds is 1. The summed E-state index contributed by atoms with van der Waals surface area (Å²) in [6.07, 6.45) is 0. The van der Waals surface area contributed by atoms with Crippen LogP contribution in [0.3, 0.4) is 0 Å². The maximum Gasteiger partial charge on any atom is 0.184 e. The van der Waals surface area contributed by atoms with E-state index in [2.05, 4.69) is 4.98 Å². The highest BCUT2D eigenvalue weighted by atomic mass is 19.2. The topological polar surface area (TPSA) is 38.9 Å². The molecule has 4 heteroatoms. The lowest BCUT2D eigenvalue weighted by Gasteiger charge is -2.01. The van der Waals surface area contributed by atoms with Crippen molar-refractivity contribution in [2.24, 2.45) is 5.73 Å². The van der Waals surface area contributed by atoms with Crippen LogP contribution < -0.4 is 5.73 Å². The molecule has 2 rings (SSSR count). The molecular weight excluding hydrogens is 186 g/mol. The van der Waals surface area contributed by atoms with Gasteiger partial charge in [-0.3, -0.25) is 0 Å². The number of aromatic nitrogens is 1. The fourth-order valence-electron chi connectivity index (χ4n) is 1.28. The highest BCUT2D eigenvalue weighted by Gasteiger charge is 2.08. The van der Waals surface area contributed by atoms with E-state index in [1.807, 2.05) is 0 Å². The highest BCUT2D eigenvalue weighted by molar-refractivity contribution is 5.79. The van der Waals surface area contributed by atoms with Gasteiger partial charge in [-0.05, 0) is 18.2 Å². The largest absolute Gasteiger partial charge is 0.325 e. The minimum absolute atomic E-state index is 0.0351. The summed E-state index contributed by atoms with van der Waals surface area (Å²) in [7, 11) is 0. The summed E-state index contributed by atoms with van der Waals surface area (Å²) in [5.74, 6) is -1.81. The van der Waals surface area contributed by atoms with Gasteiger partial charge in [0, 0.05) is 11.9 Å². The molecule has 0 fully saturated rings. The third-order valence-corrected chi connectivity index (χ3v) is 2.02. The minimum atomic E-state index is -0.919. The van der Waals surface area contributed by atoms with Crippen molar-refractivity contribution in [1.82, 2.24) is 4.98 Å². The molecule has 72 valence electrons. The van der Waals surface area contributed by atoms with Gasteiger partial charge in [0.2, 0.25) is 0 Å². The van der Waals surface area contributed by atoms with Crippen LogP contribution in [0, 0.1) is 11.6 Å². The lowest BCUT2D eigenvalue weighted by Crippen LogP contribution is -2.00. The molecule has 0 unspecified atom stereocenters. The minimum Gasteiger partial charge on any atom is -0.325 e. The van der Waals surface area contributed by atoms with Gasteiger partial charge in [0.15, 0.2) is 11.6 Å². The number of fused-ring (bicyclic) bond motifs is 1. The van der Waals surface area contributed by atoms with Gasteiger partial charge in [-0.1, -0.05) is 6.07 Å². The molecule has 0 spiro atoms. The van der Waals surface area contributed by atoms with Gasteiger partial charge in [0.1, 0.15) is 5.52 Å². The lowest BCUT2D eigenvalue weighted by molar-refractivity contribution is 0.515. The van der Waals surface area contributed by atoms with Crippen molar-refractivity contribution in [3.63, 3.8) is 0 Å². The molecule has 0 aliphatic heterocycles. The smallest absolute Gasteiger partial charge is 0.184 e. The van der Waals surface area contributed by atoms with Gasteiger partial charge >= 0.3 is 0 Å². The van der Waals surface area contributed by atoms with Crippen molar-refractivity contribution in [2.75, 3.05) is 0 Å². The van der Waals surface area contributed by atoms with Crippen molar-refractivity contribution in [3.8, 4) is 0 Å². The molecule has 0 atom stereocenters. The first-order valence-corrected chi connectivity index (χ1v) is 4.16. The van der Waals surface area contributed by atoms with E-state index in [0.29, 0.717) is 11.1 Å². The summed E-state index contributed by atoms with van der Waals surface area (Å²) in [6, 6.07) is 5.94. The van der Waals surface area contributed by atoms with E-state index in [1.165, 1.54) is 6.07 Å². The number of hydrogen-bond donors (Lipinski definition) is 1. The van der Waals surface area contributed by atoms with Crippen LogP contribution in [-0.2, 0) is 6.54 Å². The first kappa shape index (κ1) is 9.02. The zero-order chi connectivity index (χ0) is 10.1. The number of nitrogens with zero attached hydrogens (tertiary/aromatic N) is 1. The maximum absolute atomic E-state index is 13.2. The Morgan fingerprint density at radius 1 is 1.14 bits per heavy atom. The Hall–Kier alpha value is -1.55.